The molecule has 0 spiro atoms. The Kier molecular flexibility index (Phi) is 5.78. The van der Waals surface area contributed by atoms with Gasteiger partial charge in [-0.15, -0.1) is 5.10 Å². The van der Waals surface area contributed by atoms with E-state index in [1.165, 1.54) is 4.80 Å². The van der Waals surface area contributed by atoms with Crippen LogP contribution in [-0.2, 0) is 11.3 Å². The van der Waals surface area contributed by atoms with Crippen LogP contribution in [-0.4, -0.2) is 37.8 Å². The first-order valence-electron chi connectivity index (χ1n) is 6.74. The van der Waals surface area contributed by atoms with Crippen LogP contribution in [0.2, 0.25) is 0 Å². The Hall–Kier alpha value is -2.55. The van der Waals surface area contributed by atoms with Crippen molar-refractivity contribution in [3.8, 4) is 5.75 Å². The van der Waals surface area contributed by atoms with Gasteiger partial charge in [-0.3, -0.25) is 15.4 Å². The second-order valence-electron chi connectivity index (χ2n) is 4.31. The largest absolute Gasteiger partial charge is 0.484 e. The van der Waals surface area contributed by atoms with Gasteiger partial charge in [-0.2, -0.15) is 4.80 Å². The van der Waals surface area contributed by atoms with E-state index in [-0.39, 0.29) is 23.6 Å². The van der Waals surface area contributed by atoms with Gasteiger partial charge in [0.25, 0.3) is 11.9 Å². The highest BCUT2D eigenvalue weighted by molar-refractivity contribution is 7.80. The highest BCUT2D eigenvalue weighted by Gasteiger charge is 2.08. The van der Waals surface area contributed by atoms with Crippen molar-refractivity contribution in [1.29, 1.82) is 0 Å². The maximum atomic E-state index is 11.7. The van der Waals surface area contributed by atoms with E-state index >= 15 is 0 Å². The molecule has 0 unspecified atom stereocenters. The molecule has 1 heterocycles. The fourth-order valence-corrected chi connectivity index (χ4v) is 1.75. The maximum Gasteiger partial charge on any atom is 0.269 e. The van der Waals surface area contributed by atoms with Crippen molar-refractivity contribution in [1.82, 2.24) is 25.5 Å². The van der Waals surface area contributed by atoms with Gasteiger partial charge in [0.1, 0.15) is 5.75 Å². The highest BCUT2D eigenvalue weighted by Crippen LogP contribution is 2.07. The molecule has 2 N–H and O–H groups in total. The third-order valence-electron chi connectivity index (χ3n) is 2.47. The molecule has 0 atom stereocenters. The number of nitrogens with one attached hydrogen (secondary N) is 2. The van der Waals surface area contributed by atoms with Crippen LogP contribution < -0.4 is 15.4 Å². The number of nitrogens with zero attached hydrogens (tertiary/aromatic N) is 4. The molecule has 0 saturated carbocycles. The first-order valence-corrected chi connectivity index (χ1v) is 7.14. The number of aromatic nitrogens is 4. The lowest BCUT2D eigenvalue weighted by Gasteiger charge is -2.08. The van der Waals surface area contributed by atoms with Gasteiger partial charge in [0.05, 0.1) is 6.54 Å². The Morgan fingerprint density at radius 3 is 2.86 bits per heavy atom. The second-order valence-corrected chi connectivity index (χ2v) is 4.72. The van der Waals surface area contributed by atoms with E-state index in [1.807, 2.05) is 25.1 Å². The van der Waals surface area contributed by atoms with E-state index < -0.39 is 0 Å². The van der Waals surface area contributed by atoms with E-state index in [9.17, 15) is 4.79 Å². The molecule has 1 amide bonds. The van der Waals surface area contributed by atoms with Gasteiger partial charge in [-0.25, -0.2) is 0 Å². The first-order chi connectivity index (χ1) is 10.7. The van der Waals surface area contributed by atoms with Crippen LogP contribution in [0.5, 0.6) is 5.75 Å². The van der Waals surface area contributed by atoms with Gasteiger partial charge in [-0.1, -0.05) is 30.2 Å². The van der Waals surface area contributed by atoms with E-state index in [0.717, 1.165) is 6.42 Å². The maximum absolute atomic E-state index is 11.7. The van der Waals surface area contributed by atoms with Crippen molar-refractivity contribution in [2.75, 3.05) is 11.9 Å². The van der Waals surface area contributed by atoms with Gasteiger partial charge in [0.15, 0.2) is 11.7 Å². The summed E-state index contributed by atoms with van der Waals surface area (Å²) >= 11 is 5.00. The molecule has 0 fully saturated rings. The quantitative estimate of drug-likeness (QED) is 0.766. The Morgan fingerprint density at radius 2 is 2.14 bits per heavy atom. The number of amides is 1. The topological polar surface area (TPSA) is 94.0 Å². The average Bonchev–Trinajstić information content (AvgIpc) is 2.93. The van der Waals surface area contributed by atoms with Gasteiger partial charge in [-0.05, 0) is 36.0 Å². The molecule has 0 aliphatic rings. The van der Waals surface area contributed by atoms with Crippen LogP contribution in [0, 0.1) is 0 Å². The Bertz CT molecular complexity index is 630. The summed E-state index contributed by atoms with van der Waals surface area (Å²) in [7, 11) is 0. The zero-order chi connectivity index (χ0) is 15.8. The smallest absolute Gasteiger partial charge is 0.269 e. The van der Waals surface area contributed by atoms with Crippen LogP contribution in [0.15, 0.2) is 30.3 Å². The molecule has 0 saturated heterocycles. The Morgan fingerprint density at radius 1 is 1.36 bits per heavy atom. The molecular weight excluding hydrogens is 304 g/mol. The minimum atomic E-state index is -0.373. The number of aryl methyl sites for hydroxylation is 1. The number of hydrogen-bond donors (Lipinski definition) is 2. The van der Waals surface area contributed by atoms with Crippen LogP contribution >= 0.6 is 12.2 Å². The normalized spacial score (nSPS) is 10.0. The summed E-state index contributed by atoms with van der Waals surface area (Å²) in [4.78, 5) is 13.1. The van der Waals surface area contributed by atoms with Crippen molar-refractivity contribution in [2.24, 2.45) is 0 Å². The summed E-state index contributed by atoms with van der Waals surface area (Å²) in [5, 5.41) is 16.9. The van der Waals surface area contributed by atoms with Crippen molar-refractivity contribution in [3.63, 3.8) is 0 Å². The molecule has 1 aromatic heterocycles. The number of para-hydroxylation sites is 1. The number of carbonyl (C=O) groups is 1. The lowest BCUT2D eigenvalue weighted by Crippen LogP contribution is -2.37. The Labute approximate surface area is 132 Å². The molecule has 2 aromatic rings. The molecule has 8 nitrogen and oxygen atoms in total. The van der Waals surface area contributed by atoms with Gasteiger partial charge in [0, 0.05) is 0 Å². The number of anilines is 1. The molecular formula is C13H16N6O2S. The minimum Gasteiger partial charge on any atom is -0.484 e. The van der Waals surface area contributed by atoms with E-state index in [4.69, 9.17) is 17.0 Å². The monoisotopic (exact) mass is 320 g/mol. The van der Waals surface area contributed by atoms with E-state index in [1.54, 1.807) is 12.1 Å². The first kappa shape index (κ1) is 15.8. The molecule has 0 radical (unpaired) electrons. The molecule has 9 heteroatoms. The number of benzene rings is 1. The van der Waals surface area contributed by atoms with Gasteiger partial charge < -0.3 is 4.74 Å². The molecule has 1 aromatic carbocycles. The predicted octanol–water partition coefficient (Wildman–Crippen LogP) is 0.975. The second kappa shape index (κ2) is 8.03. The SMILES string of the molecule is CCCn1nnc(NC(=S)NC(=O)COc2ccccc2)n1. The number of thiocarbonyl (C=S) groups is 1. The molecule has 0 aliphatic carbocycles. The molecule has 2 rings (SSSR count). The number of rotatable bonds is 6. The van der Waals surface area contributed by atoms with Crippen LogP contribution in [0.4, 0.5) is 5.95 Å². The van der Waals surface area contributed by atoms with Crippen LogP contribution in [0.3, 0.4) is 0 Å². The van der Waals surface area contributed by atoms with Crippen molar-refractivity contribution in [2.45, 2.75) is 19.9 Å². The molecule has 116 valence electrons. The number of tetrazole rings is 1. The van der Waals surface area contributed by atoms with Gasteiger partial charge >= 0.3 is 0 Å². The Balaban J connectivity index is 1.75. The number of ether oxygens (including phenoxy) is 1. The van der Waals surface area contributed by atoms with Crippen LogP contribution in [0.1, 0.15) is 13.3 Å². The lowest BCUT2D eigenvalue weighted by molar-refractivity contribution is -0.121. The summed E-state index contributed by atoms with van der Waals surface area (Å²) in [6.45, 7) is 2.54. The highest BCUT2D eigenvalue weighted by atomic mass is 32.1. The standard InChI is InChI=1S/C13H16N6O2S/c1-2-8-19-17-12(16-18-19)15-13(22)14-11(20)9-21-10-6-4-3-5-7-10/h3-7H,2,8-9H2,1H3,(H2,14,15,17,20,22). The molecule has 0 bridgehead atoms. The summed E-state index contributed by atoms with van der Waals surface area (Å²) in [5.74, 6) is 0.478. The predicted molar refractivity (Wildman–Crippen MR) is 84.4 cm³/mol. The zero-order valence-electron chi connectivity index (χ0n) is 12.0. The summed E-state index contributed by atoms with van der Waals surface area (Å²) in [6, 6.07) is 9.04. The lowest BCUT2D eigenvalue weighted by atomic mass is 10.3. The third kappa shape index (κ3) is 5.09. The van der Waals surface area contributed by atoms with Crippen molar-refractivity contribution < 1.29 is 9.53 Å². The van der Waals surface area contributed by atoms with Crippen LogP contribution in [0.25, 0.3) is 0 Å². The number of carbonyl (C=O) groups excluding carboxylic acids is 1. The van der Waals surface area contributed by atoms with Crippen molar-refractivity contribution in [3.05, 3.63) is 30.3 Å². The average molecular weight is 320 g/mol. The third-order valence-corrected chi connectivity index (χ3v) is 2.67. The van der Waals surface area contributed by atoms with E-state index in [2.05, 4.69) is 26.0 Å². The fourth-order valence-electron chi connectivity index (χ4n) is 1.55. The summed E-state index contributed by atoms with van der Waals surface area (Å²) in [6.07, 6.45) is 0.897. The summed E-state index contributed by atoms with van der Waals surface area (Å²) < 4.78 is 5.31. The number of hydrogen-bond acceptors (Lipinski definition) is 6. The summed E-state index contributed by atoms with van der Waals surface area (Å²) in [5.41, 5.74) is 0. The zero-order valence-corrected chi connectivity index (χ0v) is 12.8. The molecule has 22 heavy (non-hydrogen) atoms. The van der Waals surface area contributed by atoms with Gasteiger partial charge in [0.2, 0.25) is 0 Å². The fraction of sp³-hybridized carbons (Fsp3) is 0.308. The van der Waals surface area contributed by atoms with Crippen molar-refractivity contribution >= 4 is 29.2 Å². The minimum absolute atomic E-state index is 0.0951. The van der Waals surface area contributed by atoms with E-state index in [0.29, 0.717) is 12.3 Å². The molecule has 0 aliphatic heterocycles.